The van der Waals surface area contributed by atoms with Gasteiger partial charge in [0, 0.05) is 0 Å². The molecule has 1 atom stereocenters. The highest BCUT2D eigenvalue weighted by atomic mass is 16.6. The summed E-state index contributed by atoms with van der Waals surface area (Å²) < 4.78 is 10.2. The van der Waals surface area contributed by atoms with Crippen molar-refractivity contribution in [3.8, 4) is 0 Å². The van der Waals surface area contributed by atoms with Crippen molar-refractivity contribution in [2.24, 2.45) is 5.92 Å². The maximum Gasteiger partial charge on any atom is 0.343 e. The van der Waals surface area contributed by atoms with Crippen molar-refractivity contribution < 1.29 is 19.1 Å². The number of esters is 1. The molecule has 1 aromatic heterocycles. The molecular formula is C25H34O4. The molecule has 0 spiro atoms. The van der Waals surface area contributed by atoms with E-state index in [1.807, 2.05) is 18.4 Å². The van der Waals surface area contributed by atoms with Crippen LogP contribution in [0.5, 0.6) is 0 Å². The van der Waals surface area contributed by atoms with E-state index in [1.54, 1.807) is 13.2 Å². The number of rotatable bonds is 11. The Labute approximate surface area is 174 Å². The maximum absolute atomic E-state index is 11.4. The minimum atomic E-state index is -0.454. The number of carbonyl (C=O) groups excluding carboxylic acids is 1. The van der Waals surface area contributed by atoms with Crippen LogP contribution in [0.2, 0.25) is 0 Å². The van der Waals surface area contributed by atoms with Gasteiger partial charge in [-0.1, -0.05) is 30.2 Å². The Bertz CT molecular complexity index is 791. The number of hydrogen-bond donors (Lipinski definition) is 1. The molecule has 0 fully saturated rings. The molecule has 0 saturated heterocycles. The lowest BCUT2D eigenvalue weighted by molar-refractivity contribution is -0.133. The summed E-state index contributed by atoms with van der Waals surface area (Å²) in [6.07, 6.45) is 17.5. The number of hydrogen-bond acceptors (Lipinski definition) is 4. The normalized spacial score (nSPS) is 17.9. The Kier molecular flexibility index (Phi) is 9.04. The molecule has 4 nitrogen and oxygen atoms in total. The molecule has 0 radical (unpaired) electrons. The third-order valence-corrected chi connectivity index (χ3v) is 5.31. The van der Waals surface area contributed by atoms with Gasteiger partial charge in [-0.25, -0.2) is 4.79 Å². The first-order valence-corrected chi connectivity index (χ1v) is 10.5. The lowest BCUT2D eigenvalue weighted by Crippen LogP contribution is -1.97. The lowest BCUT2D eigenvalue weighted by Gasteiger charge is -2.08. The van der Waals surface area contributed by atoms with Gasteiger partial charge >= 0.3 is 5.97 Å². The van der Waals surface area contributed by atoms with Crippen LogP contribution in [0.15, 0.2) is 69.5 Å². The molecule has 0 amide bonds. The number of cyclic esters (lactones) is 1. The van der Waals surface area contributed by atoms with E-state index in [9.17, 15) is 9.90 Å². The van der Waals surface area contributed by atoms with E-state index < -0.39 is 5.97 Å². The van der Waals surface area contributed by atoms with Gasteiger partial charge in [0.2, 0.25) is 0 Å². The number of ether oxygens (including phenoxy) is 1. The fourth-order valence-corrected chi connectivity index (χ4v) is 3.34. The molecule has 1 N–H and O–H groups in total. The molecule has 158 valence electrons. The van der Waals surface area contributed by atoms with E-state index in [-0.39, 0.29) is 17.3 Å². The van der Waals surface area contributed by atoms with Crippen LogP contribution in [0.25, 0.3) is 0 Å². The van der Waals surface area contributed by atoms with Crippen LogP contribution in [0.3, 0.4) is 0 Å². The van der Waals surface area contributed by atoms with Gasteiger partial charge in [0.15, 0.2) is 11.5 Å². The third-order valence-electron chi connectivity index (χ3n) is 5.31. The fourth-order valence-electron chi connectivity index (χ4n) is 3.34. The number of carbonyl (C=O) groups is 1. The van der Waals surface area contributed by atoms with Crippen molar-refractivity contribution in [3.63, 3.8) is 0 Å². The summed E-state index contributed by atoms with van der Waals surface area (Å²) in [7, 11) is 0. The highest BCUT2D eigenvalue weighted by Crippen LogP contribution is 2.26. The van der Waals surface area contributed by atoms with E-state index in [0.717, 1.165) is 44.9 Å². The second-order valence-corrected chi connectivity index (χ2v) is 8.09. The topological polar surface area (TPSA) is 59.7 Å². The molecule has 2 rings (SSSR count). The molecule has 0 saturated carbocycles. The molecule has 0 aliphatic carbocycles. The lowest BCUT2D eigenvalue weighted by atomic mass is 10.00. The number of aliphatic hydroxyl groups excluding tert-OH is 1. The summed E-state index contributed by atoms with van der Waals surface area (Å²) in [5, 5.41) is 9.88. The fraction of sp³-hybridized carbons (Fsp3) is 0.480. The molecule has 29 heavy (non-hydrogen) atoms. The number of furan rings is 1. The third kappa shape index (κ3) is 7.80. The Morgan fingerprint density at radius 3 is 2.45 bits per heavy atom. The number of aryl methyl sites for hydroxylation is 1. The minimum Gasteiger partial charge on any atom is -0.504 e. The van der Waals surface area contributed by atoms with Crippen molar-refractivity contribution in [2.75, 3.05) is 0 Å². The van der Waals surface area contributed by atoms with Crippen LogP contribution in [-0.4, -0.2) is 11.1 Å². The van der Waals surface area contributed by atoms with E-state index in [1.165, 1.54) is 16.7 Å². The van der Waals surface area contributed by atoms with Crippen LogP contribution in [0.1, 0.15) is 71.8 Å². The molecule has 2 heterocycles. The first-order chi connectivity index (χ1) is 13.9. The maximum atomic E-state index is 11.4. The van der Waals surface area contributed by atoms with E-state index in [2.05, 4.69) is 32.9 Å². The second kappa shape index (κ2) is 11.5. The molecule has 1 aliphatic heterocycles. The van der Waals surface area contributed by atoms with Crippen molar-refractivity contribution in [3.05, 3.63) is 70.6 Å². The molecule has 1 unspecified atom stereocenters. The van der Waals surface area contributed by atoms with Gasteiger partial charge in [-0.2, -0.15) is 0 Å². The van der Waals surface area contributed by atoms with Crippen LogP contribution in [0.4, 0.5) is 0 Å². The monoisotopic (exact) mass is 398 g/mol. The average Bonchev–Trinajstić information content (AvgIpc) is 3.27. The van der Waals surface area contributed by atoms with Gasteiger partial charge in [0.05, 0.1) is 18.1 Å². The van der Waals surface area contributed by atoms with Crippen LogP contribution >= 0.6 is 0 Å². The Hall–Kier alpha value is -2.49. The zero-order valence-electron chi connectivity index (χ0n) is 18.2. The molecule has 0 aromatic carbocycles. The summed E-state index contributed by atoms with van der Waals surface area (Å²) in [6.45, 7) is 8.04. The standard InChI is InChI=1S/C25H34O4/c1-18(8-5-9-19(2)11-7-13-22-14-15-28-17-22)10-6-12-20(3)16-23-24(26)21(4)25(27)29-23/h8-9,14-17,20,26H,5-7,10-13H2,1-4H3/b18-8-,19-9+,23-16-. The van der Waals surface area contributed by atoms with Crippen LogP contribution < -0.4 is 0 Å². The summed E-state index contributed by atoms with van der Waals surface area (Å²) in [6, 6.07) is 2.03. The Balaban J connectivity index is 1.64. The van der Waals surface area contributed by atoms with E-state index >= 15 is 0 Å². The van der Waals surface area contributed by atoms with Crippen molar-refractivity contribution in [1.82, 2.24) is 0 Å². The Morgan fingerprint density at radius 1 is 1.17 bits per heavy atom. The molecular weight excluding hydrogens is 364 g/mol. The largest absolute Gasteiger partial charge is 0.504 e. The van der Waals surface area contributed by atoms with Gasteiger partial charge in [0.25, 0.3) is 0 Å². The Morgan fingerprint density at radius 2 is 1.86 bits per heavy atom. The first kappa shape index (κ1) is 22.8. The van der Waals surface area contributed by atoms with Crippen molar-refractivity contribution in [2.45, 2.75) is 72.6 Å². The molecule has 4 heteroatoms. The van der Waals surface area contributed by atoms with E-state index in [0.29, 0.717) is 5.76 Å². The number of aliphatic hydroxyl groups is 1. The number of allylic oxidation sites excluding steroid dienone is 5. The SMILES string of the molecule is CC1=C(O)/C(=C/C(C)CCC/C(C)=C\C/C=C(\C)CCCc2ccoc2)OC1=O. The molecule has 1 aromatic rings. The van der Waals surface area contributed by atoms with Gasteiger partial charge < -0.3 is 14.3 Å². The first-order valence-electron chi connectivity index (χ1n) is 10.5. The van der Waals surface area contributed by atoms with E-state index in [4.69, 9.17) is 9.15 Å². The van der Waals surface area contributed by atoms with Crippen LogP contribution in [0, 0.1) is 5.92 Å². The van der Waals surface area contributed by atoms with Gasteiger partial charge in [0.1, 0.15) is 0 Å². The minimum absolute atomic E-state index is 0.0233. The van der Waals surface area contributed by atoms with Gasteiger partial charge in [-0.05, 0) is 89.3 Å². The summed E-state index contributed by atoms with van der Waals surface area (Å²) in [4.78, 5) is 11.4. The zero-order chi connectivity index (χ0) is 21.2. The summed E-state index contributed by atoms with van der Waals surface area (Å²) >= 11 is 0. The van der Waals surface area contributed by atoms with Gasteiger partial charge in [-0.15, -0.1) is 0 Å². The predicted octanol–water partition coefficient (Wildman–Crippen LogP) is 6.96. The second-order valence-electron chi connectivity index (χ2n) is 8.09. The predicted molar refractivity (Wildman–Crippen MR) is 116 cm³/mol. The van der Waals surface area contributed by atoms with Gasteiger partial charge in [-0.3, -0.25) is 0 Å². The smallest absolute Gasteiger partial charge is 0.343 e. The summed E-state index contributed by atoms with van der Waals surface area (Å²) in [5.74, 6) is 0.0751. The zero-order valence-corrected chi connectivity index (χ0v) is 18.2. The highest BCUT2D eigenvalue weighted by Gasteiger charge is 2.26. The quantitative estimate of drug-likeness (QED) is 0.323. The van der Waals surface area contributed by atoms with Crippen molar-refractivity contribution >= 4 is 5.97 Å². The molecule has 1 aliphatic rings. The average molecular weight is 399 g/mol. The highest BCUT2D eigenvalue weighted by molar-refractivity contribution is 5.93. The summed E-state index contributed by atoms with van der Waals surface area (Å²) in [5.41, 5.74) is 4.39. The molecule has 0 bridgehead atoms. The van der Waals surface area contributed by atoms with Crippen LogP contribution in [-0.2, 0) is 16.0 Å². The van der Waals surface area contributed by atoms with Crippen molar-refractivity contribution in [1.29, 1.82) is 0 Å².